The molecular formula is C24H22N2O3S. The molecule has 1 heterocycles. The molecule has 0 saturated carbocycles. The average molecular weight is 419 g/mol. The number of hydrogen-bond donors (Lipinski definition) is 1. The van der Waals surface area contributed by atoms with E-state index in [1.165, 1.54) is 0 Å². The first-order valence-corrected chi connectivity index (χ1v) is 10.7. The van der Waals surface area contributed by atoms with Gasteiger partial charge in [0.1, 0.15) is 5.58 Å². The number of hydrogen-bond acceptors (Lipinski definition) is 4. The highest BCUT2D eigenvalue weighted by Crippen LogP contribution is 2.29. The third-order valence-corrected chi connectivity index (χ3v) is 6.08. The van der Waals surface area contributed by atoms with Gasteiger partial charge in [-0.15, -0.1) is 0 Å². The molecule has 4 aromatic rings. The fourth-order valence-electron chi connectivity index (χ4n) is 3.33. The van der Waals surface area contributed by atoms with Crippen LogP contribution in [0.25, 0.3) is 22.1 Å². The molecular weight excluding hydrogens is 396 g/mol. The lowest BCUT2D eigenvalue weighted by molar-refractivity contribution is 0.0958. The molecule has 152 valence electrons. The molecule has 1 amide bonds. The average Bonchev–Trinajstić information content (AvgIpc) is 3.17. The van der Waals surface area contributed by atoms with E-state index in [2.05, 4.69) is 4.72 Å². The Hall–Kier alpha value is -3.38. The number of furan rings is 1. The molecule has 1 atom stereocenters. The number of fused-ring (bicyclic) bond motifs is 1. The lowest BCUT2D eigenvalue weighted by atomic mass is 10.0. The van der Waals surface area contributed by atoms with Crippen molar-refractivity contribution in [1.29, 1.82) is 0 Å². The zero-order chi connectivity index (χ0) is 21.3. The van der Waals surface area contributed by atoms with Crippen molar-refractivity contribution in [2.24, 2.45) is 0 Å². The zero-order valence-electron chi connectivity index (χ0n) is 17.0. The second-order valence-corrected chi connectivity index (χ2v) is 8.42. The number of amides is 1. The lowest BCUT2D eigenvalue weighted by Crippen LogP contribution is -2.25. The van der Waals surface area contributed by atoms with E-state index in [4.69, 9.17) is 4.42 Å². The highest BCUT2D eigenvalue weighted by atomic mass is 32.2. The molecule has 1 N–H and O–H groups in total. The molecule has 0 radical (unpaired) electrons. The molecule has 5 nitrogen and oxygen atoms in total. The Balaban J connectivity index is 1.61. The van der Waals surface area contributed by atoms with Crippen molar-refractivity contribution >= 4 is 33.5 Å². The zero-order valence-corrected chi connectivity index (χ0v) is 17.8. The third-order valence-electron chi connectivity index (χ3n) is 4.95. The molecule has 4 rings (SSSR count). The summed E-state index contributed by atoms with van der Waals surface area (Å²) in [4.78, 5) is 15.2. The fraction of sp³-hybridized carbons (Fsp3) is 0.125. The molecule has 6 heteroatoms. The molecule has 0 fully saturated rings. The minimum absolute atomic E-state index is 0.127. The van der Waals surface area contributed by atoms with Crippen molar-refractivity contribution in [3.05, 3.63) is 84.1 Å². The van der Waals surface area contributed by atoms with Crippen LogP contribution in [0, 0.1) is 6.92 Å². The number of aryl methyl sites for hydroxylation is 1. The summed E-state index contributed by atoms with van der Waals surface area (Å²) >= 11 is 0. The molecule has 0 saturated heterocycles. The van der Waals surface area contributed by atoms with E-state index >= 15 is 0 Å². The number of nitrogens with zero attached hydrogens (tertiary/aromatic N) is 1. The van der Waals surface area contributed by atoms with Gasteiger partial charge in [-0.1, -0.05) is 42.5 Å². The number of rotatable bonds is 5. The Bertz CT molecular complexity index is 1260. The highest BCUT2D eigenvalue weighted by molar-refractivity contribution is 7.83. The molecule has 0 bridgehead atoms. The summed E-state index contributed by atoms with van der Waals surface area (Å²) in [5.41, 5.74) is 4.46. The molecule has 0 aliphatic carbocycles. The number of carbonyl (C=O) groups is 1. The summed E-state index contributed by atoms with van der Waals surface area (Å²) in [7, 11) is 2.14. The van der Waals surface area contributed by atoms with Crippen LogP contribution in [0.2, 0.25) is 0 Å². The smallest absolute Gasteiger partial charge is 0.298 e. The molecule has 0 spiro atoms. The van der Waals surface area contributed by atoms with Crippen molar-refractivity contribution in [1.82, 2.24) is 4.72 Å². The quantitative estimate of drug-likeness (QED) is 0.499. The molecule has 3 aromatic carbocycles. The standard InChI is InChI=1S/C24H22N2O3S/c1-16-8-4-5-9-19(16)20-10-6-7-11-23(20)30(28)25-24(27)22-14-17-12-13-18(26(2)3)15-21(17)29-22/h4-15H,1-3H3,(H,25,27). The highest BCUT2D eigenvalue weighted by Gasteiger charge is 2.19. The first kappa shape index (κ1) is 19.9. The number of benzene rings is 3. The van der Waals surface area contributed by atoms with E-state index in [9.17, 15) is 9.00 Å². The number of nitrogens with one attached hydrogen (secondary N) is 1. The Morgan fingerprint density at radius 2 is 1.63 bits per heavy atom. The lowest BCUT2D eigenvalue weighted by Gasteiger charge is -2.12. The first-order valence-electron chi connectivity index (χ1n) is 9.53. The van der Waals surface area contributed by atoms with Crippen LogP contribution in [0.4, 0.5) is 5.69 Å². The van der Waals surface area contributed by atoms with E-state index in [-0.39, 0.29) is 5.76 Å². The van der Waals surface area contributed by atoms with Crippen LogP contribution < -0.4 is 9.62 Å². The van der Waals surface area contributed by atoms with E-state index in [0.717, 1.165) is 27.8 Å². The summed E-state index contributed by atoms with van der Waals surface area (Å²) in [5.74, 6) is -0.391. The summed E-state index contributed by atoms with van der Waals surface area (Å²) in [6.45, 7) is 2.00. The second-order valence-electron chi connectivity index (χ2n) is 7.24. The van der Waals surface area contributed by atoms with Gasteiger partial charge in [0.05, 0.1) is 4.90 Å². The van der Waals surface area contributed by atoms with E-state index in [0.29, 0.717) is 10.5 Å². The fourth-order valence-corrected chi connectivity index (χ4v) is 4.28. The van der Waals surface area contributed by atoms with Gasteiger partial charge in [0.15, 0.2) is 16.7 Å². The predicted molar refractivity (Wildman–Crippen MR) is 121 cm³/mol. The van der Waals surface area contributed by atoms with E-state index in [1.807, 2.05) is 86.6 Å². The first-order chi connectivity index (χ1) is 14.4. The van der Waals surface area contributed by atoms with Crippen LogP contribution in [0.3, 0.4) is 0 Å². The van der Waals surface area contributed by atoms with Gasteiger partial charge in [0, 0.05) is 31.2 Å². The Morgan fingerprint density at radius 1 is 0.933 bits per heavy atom. The molecule has 30 heavy (non-hydrogen) atoms. The van der Waals surface area contributed by atoms with Crippen LogP contribution in [0.15, 0.2) is 82.1 Å². The molecule has 1 unspecified atom stereocenters. The SMILES string of the molecule is Cc1ccccc1-c1ccccc1S(=O)NC(=O)c1cc2ccc(N(C)C)cc2o1. The maximum atomic E-state index is 13.0. The van der Waals surface area contributed by atoms with Gasteiger partial charge in [-0.25, -0.2) is 4.21 Å². The van der Waals surface area contributed by atoms with Gasteiger partial charge < -0.3 is 9.32 Å². The predicted octanol–water partition coefficient (Wildman–Crippen LogP) is 4.93. The Morgan fingerprint density at radius 3 is 2.37 bits per heavy atom. The van der Waals surface area contributed by atoms with E-state index in [1.54, 1.807) is 12.1 Å². The van der Waals surface area contributed by atoms with Crippen LogP contribution in [0.5, 0.6) is 0 Å². The summed E-state index contributed by atoms with van der Waals surface area (Å²) < 4.78 is 21.3. The Labute approximate surface area is 177 Å². The Kier molecular flexibility index (Phi) is 5.42. The molecule has 1 aromatic heterocycles. The van der Waals surface area contributed by atoms with Crippen LogP contribution >= 0.6 is 0 Å². The normalized spacial score (nSPS) is 12.0. The number of carbonyl (C=O) groups excluding carboxylic acids is 1. The monoisotopic (exact) mass is 418 g/mol. The summed E-state index contributed by atoms with van der Waals surface area (Å²) in [6.07, 6.45) is 0. The van der Waals surface area contributed by atoms with Crippen molar-refractivity contribution in [3.8, 4) is 11.1 Å². The van der Waals surface area contributed by atoms with Crippen molar-refractivity contribution in [2.45, 2.75) is 11.8 Å². The van der Waals surface area contributed by atoms with Gasteiger partial charge in [0.25, 0.3) is 5.91 Å². The minimum Gasteiger partial charge on any atom is -0.451 e. The van der Waals surface area contributed by atoms with E-state index < -0.39 is 16.9 Å². The number of anilines is 1. The molecule has 0 aliphatic heterocycles. The van der Waals surface area contributed by atoms with Crippen LogP contribution in [-0.2, 0) is 11.0 Å². The van der Waals surface area contributed by atoms with Gasteiger partial charge in [-0.3, -0.25) is 9.52 Å². The van der Waals surface area contributed by atoms with Gasteiger partial charge >= 0.3 is 0 Å². The minimum atomic E-state index is -1.74. The summed E-state index contributed by atoms with van der Waals surface area (Å²) in [5, 5.41) is 0.817. The second kappa shape index (κ2) is 8.16. The maximum absolute atomic E-state index is 13.0. The molecule has 0 aliphatic rings. The largest absolute Gasteiger partial charge is 0.451 e. The summed E-state index contributed by atoms with van der Waals surface area (Å²) in [6, 6.07) is 22.7. The maximum Gasteiger partial charge on any atom is 0.298 e. The van der Waals surface area contributed by atoms with Crippen molar-refractivity contribution in [2.75, 3.05) is 19.0 Å². The van der Waals surface area contributed by atoms with Gasteiger partial charge in [-0.2, -0.15) is 0 Å². The topological polar surface area (TPSA) is 62.6 Å². The van der Waals surface area contributed by atoms with Crippen LogP contribution in [0.1, 0.15) is 16.1 Å². The van der Waals surface area contributed by atoms with Crippen LogP contribution in [-0.4, -0.2) is 24.2 Å². The van der Waals surface area contributed by atoms with Crippen molar-refractivity contribution < 1.29 is 13.4 Å². The van der Waals surface area contributed by atoms with Gasteiger partial charge in [-0.05, 0) is 47.9 Å². The third kappa shape index (κ3) is 3.86. The van der Waals surface area contributed by atoms with Gasteiger partial charge in [0.2, 0.25) is 0 Å². The van der Waals surface area contributed by atoms with Crippen molar-refractivity contribution in [3.63, 3.8) is 0 Å².